The van der Waals surface area contributed by atoms with Crippen molar-refractivity contribution in [3.63, 3.8) is 0 Å². The molecular formula is C17H14F5NO2. The standard InChI is InChI=1S/C17H14F5NO2/c18-16(19)25-14-7-2-1-5-12(14)10-23-15(24)9-11-4-3-6-13(8-11)17(20,21)22/h1-8,16H,9-10H2,(H,23,24). The summed E-state index contributed by atoms with van der Waals surface area (Å²) in [4.78, 5) is 11.9. The van der Waals surface area contributed by atoms with Gasteiger partial charge < -0.3 is 10.1 Å². The molecule has 0 aliphatic heterocycles. The second-order valence-corrected chi connectivity index (χ2v) is 5.14. The van der Waals surface area contributed by atoms with E-state index < -0.39 is 24.3 Å². The molecule has 0 aliphatic carbocycles. The SMILES string of the molecule is O=C(Cc1cccc(C(F)(F)F)c1)NCc1ccccc1OC(F)F. The Bertz CT molecular complexity index is 731. The lowest BCUT2D eigenvalue weighted by atomic mass is 10.1. The minimum atomic E-state index is -4.49. The Labute approximate surface area is 140 Å². The van der Waals surface area contributed by atoms with Crippen LogP contribution in [-0.4, -0.2) is 12.5 Å². The van der Waals surface area contributed by atoms with Gasteiger partial charge in [0.1, 0.15) is 5.75 Å². The number of carbonyl (C=O) groups is 1. The normalized spacial score (nSPS) is 11.4. The van der Waals surface area contributed by atoms with E-state index in [1.807, 2.05) is 0 Å². The zero-order valence-electron chi connectivity index (χ0n) is 12.8. The largest absolute Gasteiger partial charge is 0.434 e. The first-order chi connectivity index (χ1) is 11.8. The molecule has 0 unspecified atom stereocenters. The van der Waals surface area contributed by atoms with Crippen LogP contribution in [0.15, 0.2) is 48.5 Å². The minimum absolute atomic E-state index is 0.0723. The molecule has 0 spiro atoms. The van der Waals surface area contributed by atoms with Gasteiger partial charge in [-0.3, -0.25) is 4.79 Å². The van der Waals surface area contributed by atoms with Crippen LogP contribution in [0.4, 0.5) is 22.0 Å². The average Bonchev–Trinajstić information content (AvgIpc) is 2.53. The summed E-state index contributed by atoms with van der Waals surface area (Å²) in [6, 6.07) is 10.4. The van der Waals surface area contributed by atoms with Gasteiger partial charge in [0.05, 0.1) is 12.0 Å². The highest BCUT2D eigenvalue weighted by Crippen LogP contribution is 2.29. The van der Waals surface area contributed by atoms with Gasteiger partial charge in [0.25, 0.3) is 0 Å². The molecule has 0 saturated carbocycles. The molecule has 0 fully saturated rings. The first kappa shape index (κ1) is 18.7. The number of rotatable bonds is 6. The first-order valence-electron chi connectivity index (χ1n) is 7.21. The monoisotopic (exact) mass is 359 g/mol. The van der Waals surface area contributed by atoms with Gasteiger partial charge in [-0.25, -0.2) is 0 Å². The molecule has 2 aromatic rings. The summed E-state index contributed by atoms with van der Waals surface area (Å²) in [5.41, 5.74) is -0.307. The molecule has 1 N–H and O–H groups in total. The first-order valence-corrected chi connectivity index (χ1v) is 7.21. The number of alkyl halides is 5. The fourth-order valence-electron chi connectivity index (χ4n) is 2.16. The van der Waals surface area contributed by atoms with E-state index in [2.05, 4.69) is 10.1 Å². The Morgan fingerprint density at radius 3 is 2.48 bits per heavy atom. The van der Waals surface area contributed by atoms with Crippen molar-refractivity contribution < 1.29 is 31.5 Å². The number of hydrogen-bond donors (Lipinski definition) is 1. The van der Waals surface area contributed by atoms with E-state index in [1.54, 1.807) is 6.07 Å². The Balaban J connectivity index is 1.98. The number of amides is 1. The molecule has 0 radical (unpaired) electrons. The minimum Gasteiger partial charge on any atom is -0.434 e. The van der Waals surface area contributed by atoms with Crippen molar-refractivity contribution in [3.8, 4) is 5.75 Å². The van der Waals surface area contributed by atoms with Gasteiger partial charge in [-0.2, -0.15) is 22.0 Å². The molecule has 0 aliphatic rings. The number of halogens is 5. The van der Waals surface area contributed by atoms with Crippen molar-refractivity contribution in [2.75, 3.05) is 0 Å². The number of ether oxygens (including phenoxy) is 1. The van der Waals surface area contributed by atoms with Gasteiger partial charge in [-0.1, -0.05) is 36.4 Å². The molecule has 0 atom stereocenters. The highest BCUT2D eigenvalue weighted by Gasteiger charge is 2.30. The predicted octanol–water partition coefficient (Wildman–Crippen LogP) is 4.17. The molecular weight excluding hydrogens is 345 g/mol. The van der Waals surface area contributed by atoms with Crippen molar-refractivity contribution in [1.82, 2.24) is 5.32 Å². The summed E-state index contributed by atoms with van der Waals surface area (Å²) in [6.07, 6.45) is -4.75. The number of para-hydroxylation sites is 1. The van der Waals surface area contributed by atoms with Crippen LogP contribution in [0, 0.1) is 0 Å². The Morgan fingerprint density at radius 1 is 1.08 bits per heavy atom. The van der Waals surface area contributed by atoms with Crippen molar-refractivity contribution in [2.24, 2.45) is 0 Å². The third kappa shape index (κ3) is 5.74. The summed E-state index contributed by atoms with van der Waals surface area (Å²) < 4.78 is 66.9. The van der Waals surface area contributed by atoms with E-state index in [9.17, 15) is 26.7 Å². The molecule has 0 bridgehead atoms. The van der Waals surface area contributed by atoms with Crippen LogP contribution in [0.2, 0.25) is 0 Å². The molecule has 0 aromatic heterocycles. The van der Waals surface area contributed by atoms with Crippen LogP contribution in [-0.2, 0) is 23.9 Å². The fourth-order valence-corrected chi connectivity index (χ4v) is 2.16. The van der Waals surface area contributed by atoms with Gasteiger partial charge in [-0.05, 0) is 17.7 Å². The summed E-state index contributed by atoms with van der Waals surface area (Å²) >= 11 is 0. The van der Waals surface area contributed by atoms with E-state index in [4.69, 9.17) is 0 Å². The van der Waals surface area contributed by atoms with Gasteiger partial charge in [0.2, 0.25) is 5.91 Å². The third-order valence-electron chi connectivity index (χ3n) is 3.28. The van der Waals surface area contributed by atoms with Crippen LogP contribution in [0.5, 0.6) is 5.75 Å². The Kier molecular flexibility index (Phi) is 5.95. The van der Waals surface area contributed by atoms with E-state index in [0.717, 1.165) is 12.1 Å². The van der Waals surface area contributed by atoms with E-state index in [0.29, 0.717) is 5.56 Å². The molecule has 134 valence electrons. The maximum atomic E-state index is 12.6. The van der Waals surface area contributed by atoms with Crippen molar-refractivity contribution >= 4 is 5.91 Å². The molecule has 1 amide bonds. The zero-order valence-corrected chi connectivity index (χ0v) is 12.8. The van der Waals surface area contributed by atoms with E-state index in [-0.39, 0.29) is 24.3 Å². The van der Waals surface area contributed by atoms with Gasteiger partial charge >= 0.3 is 12.8 Å². The molecule has 3 nitrogen and oxygen atoms in total. The van der Waals surface area contributed by atoms with Crippen LogP contribution >= 0.6 is 0 Å². The fraction of sp³-hybridized carbons (Fsp3) is 0.235. The maximum Gasteiger partial charge on any atom is 0.416 e. The lowest BCUT2D eigenvalue weighted by Crippen LogP contribution is -2.25. The molecule has 0 heterocycles. The van der Waals surface area contributed by atoms with Crippen LogP contribution in [0.3, 0.4) is 0 Å². The highest BCUT2D eigenvalue weighted by molar-refractivity contribution is 5.78. The topological polar surface area (TPSA) is 38.3 Å². The average molecular weight is 359 g/mol. The van der Waals surface area contributed by atoms with Crippen LogP contribution in [0.25, 0.3) is 0 Å². The van der Waals surface area contributed by atoms with Gasteiger partial charge in [0, 0.05) is 12.1 Å². The highest BCUT2D eigenvalue weighted by atomic mass is 19.4. The summed E-state index contributed by atoms with van der Waals surface area (Å²) in [7, 11) is 0. The lowest BCUT2D eigenvalue weighted by Gasteiger charge is -2.12. The summed E-state index contributed by atoms with van der Waals surface area (Å²) in [5, 5.41) is 2.47. The lowest BCUT2D eigenvalue weighted by molar-refractivity contribution is -0.137. The Morgan fingerprint density at radius 2 is 1.80 bits per heavy atom. The van der Waals surface area contributed by atoms with Gasteiger partial charge in [-0.15, -0.1) is 0 Å². The predicted molar refractivity (Wildman–Crippen MR) is 80.1 cm³/mol. The molecule has 8 heteroatoms. The maximum absolute atomic E-state index is 12.6. The number of hydrogen-bond acceptors (Lipinski definition) is 2. The van der Waals surface area contributed by atoms with E-state index in [1.165, 1.54) is 30.3 Å². The third-order valence-corrected chi connectivity index (χ3v) is 3.28. The van der Waals surface area contributed by atoms with Crippen molar-refractivity contribution in [1.29, 1.82) is 0 Å². The van der Waals surface area contributed by atoms with Crippen LogP contribution < -0.4 is 10.1 Å². The molecule has 2 rings (SSSR count). The van der Waals surface area contributed by atoms with Crippen molar-refractivity contribution in [2.45, 2.75) is 25.8 Å². The molecule has 0 saturated heterocycles. The summed E-state index contributed by atoms with van der Waals surface area (Å²) in [5.74, 6) is -0.608. The zero-order chi connectivity index (χ0) is 18.4. The van der Waals surface area contributed by atoms with Crippen LogP contribution in [0.1, 0.15) is 16.7 Å². The quantitative estimate of drug-likeness (QED) is 0.787. The number of nitrogens with one attached hydrogen (secondary N) is 1. The Hall–Kier alpha value is -2.64. The van der Waals surface area contributed by atoms with E-state index >= 15 is 0 Å². The molecule has 25 heavy (non-hydrogen) atoms. The summed E-state index contributed by atoms with van der Waals surface area (Å²) in [6.45, 7) is -3.08. The number of benzene rings is 2. The van der Waals surface area contributed by atoms with Gasteiger partial charge in [0.15, 0.2) is 0 Å². The second kappa shape index (κ2) is 7.96. The van der Waals surface area contributed by atoms with Crippen molar-refractivity contribution in [3.05, 3.63) is 65.2 Å². The smallest absolute Gasteiger partial charge is 0.416 e. The molecule has 2 aromatic carbocycles. The second-order valence-electron chi connectivity index (χ2n) is 5.14. The number of carbonyl (C=O) groups excluding carboxylic acids is 1.